The SMILES string of the molecule is CC(C)(C)SCc1noc(C2CSCC2N)n1. The molecule has 2 N–H and O–H groups in total. The molecule has 1 saturated heterocycles. The van der Waals surface area contributed by atoms with Crippen molar-refractivity contribution in [3.63, 3.8) is 0 Å². The summed E-state index contributed by atoms with van der Waals surface area (Å²) in [6.07, 6.45) is 0. The number of aromatic nitrogens is 2. The van der Waals surface area contributed by atoms with Gasteiger partial charge in [0.1, 0.15) is 0 Å². The summed E-state index contributed by atoms with van der Waals surface area (Å²) in [7, 11) is 0. The Hall–Kier alpha value is -0.200. The van der Waals surface area contributed by atoms with E-state index >= 15 is 0 Å². The quantitative estimate of drug-likeness (QED) is 0.911. The molecule has 2 heterocycles. The molecule has 1 aliphatic heterocycles. The van der Waals surface area contributed by atoms with E-state index in [1.807, 2.05) is 23.5 Å². The maximum absolute atomic E-state index is 6.01. The Morgan fingerprint density at radius 3 is 2.82 bits per heavy atom. The van der Waals surface area contributed by atoms with Gasteiger partial charge < -0.3 is 10.3 Å². The van der Waals surface area contributed by atoms with Crippen LogP contribution in [0.2, 0.25) is 0 Å². The first-order valence-electron chi connectivity index (χ1n) is 5.75. The lowest BCUT2D eigenvalue weighted by atomic mass is 10.1. The third-order valence-corrected chi connectivity index (χ3v) is 5.04. The Morgan fingerprint density at radius 1 is 1.47 bits per heavy atom. The highest BCUT2D eigenvalue weighted by atomic mass is 32.2. The molecule has 96 valence electrons. The summed E-state index contributed by atoms with van der Waals surface area (Å²) in [5.74, 6) is 4.51. The van der Waals surface area contributed by atoms with Crippen LogP contribution in [-0.2, 0) is 5.75 Å². The van der Waals surface area contributed by atoms with E-state index in [4.69, 9.17) is 10.3 Å². The molecule has 1 aliphatic rings. The minimum atomic E-state index is 0.156. The average Bonchev–Trinajstić information content (AvgIpc) is 2.81. The number of nitrogens with zero attached hydrogens (tertiary/aromatic N) is 2. The molecule has 17 heavy (non-hydrogen) atoms. The normalized spacial score (nSPS) is 25.4. The number of hydrogen-bond acceptors (Lipinski definition) is 6. The zero-order valence-electron chi connectivity index (χ0n) is 10.5. The summed E-state index contributed by atoms with van der Waals surface area (Å²) in [6, 6.07) is 0.156. The summed E-state index contributed by atoms with van der Waals surface area (Å²) in [5.41, 5.74) is 6.01. The van der Waals surface area contributed by atoms with Crippen LogP contribution in [0.1, 0.15) is 38.4 Å². The molecule has 2 rings (SSSR count). The first kappa shape index (κ1) is 13.2. The molecule has 0 saturated carbocycles. The Kier molecular flexibility index (Phi) is 4.05. The Labute approximate surface area is 110 Å². The van der Waals surface area contributed by atoms with Crippen molar-refractivity contribution in [3.05, 3.63) is 11.7 Å². The van der Waals surface area contributed by atoms with Crippen molar-refractivity contribution >= 4 is 23.5 Å². The summed E-state index contributed by atoms with van der Waals surface area (Å²) in [6.45, 7) is 6.55. The largest absolute Gasteiger partial charge is 0.339 e. The smallest absolute Gasteiger partial charge is 0.232 e. The van der Waals surface area contributed by atoms with Crippen LogP contribution in [-0.4, -0.2) is 32.4 Å². The molecule has 1 fully saturated rings. The van der Waals surface area contributed by atoms with Crippen LogP contribution >= 0.6 is 23.5 Å². The van der Waals surface area contributed by atoms with Gasteiger partial charge in [-0.05, 0) is 0 Å². The molecule has 0 aliphatic carbocycles. The van der Waals surface area contributed by atoms with E-state index in [1.165, 1.54) is 0 Å². The average molecular weight is 273 g/mol. The highest BCUT2D eigenvalue weighted by molar-refractivity contribution is 7.99. The monoisotopic (exact) mass is 273 g/mol. The lowest BCUT2D eigenvalue weighted by Crippen LogP contribution is -2.26. The molecule has 0 aromatic carbocycles. The molecule has 0 radical (unpaired) electrons. The van der Waals surface area contributed by atoms with Gasteiger partial charge in [-0.2, -0.15) is 16.7 Å². The molecule has 1 aromatic heterocycles. The van der Waals surface area contributed by atoms with Crippen LogP contribution in [0.5, 0.6) is 0 Å². The zero-order valence-corrected chi connectivity index (χ0v) is 12.1. The second-order valence-electron chi connectivity index (χ2n) is 5.26. The van der Waals surface area contributed by atoms with E-state index in [-0.39, 0.29) is 16.7 Å². The molecule has 4 nitrogen and oxygen atoms in total. The van der Waals surface area contributed by atoms with E-state index in [0.29, 0.717) is 5.89 Å². The van der Waals surface area contributed by atoms with Gasteiger partial charge in [-0.15, -0.1) is 11.8 Å². The fourth-order valence-electron chi connectivity index (χ4n) is 1.58. The molecule has 6 heteroatoms. The fourth-order valence-corrected chi connectivity index (χ4v) is 3.55. The molecule has 0 amide bonds. The fraction of sp³-hybridized carbons (Fsp3) is 0.818. The maximum atomic E-state index is 6.01. The van der Waals surface area contributed by atoms with Crippen LogP contribution in [0, 0.1) is 0 Å². The number of thioether (sulfide) groups is 2. The molecule has 2 unspecified atom stereocenters. The van der Waals surface area contributed by atoms with Crippen molar-refractivity contribution in [2.45, 2.75) is 43.2 Å². The number of rotatable bonds is 3. The van der Waals surface area contributed by atoms with Crippen LogP contribution in [0.4, 0.5) is 0 Å². The van der Waals surface area contributed by atoms with Gasteiger partial charge in [0.2, 0.25) is 5.89 Å². The van der Waals surface area contributed by atoms with Crippen molar-refractivity contribution in [1.29, 1.82) is 0 Å². The molecule has 1 aromatic rings. The third-order valence-electron chi connectivity index (χ3n) is 2.56. The van der Waals surface area contributed by atoms with E-state index in [2.05, 4.69) is 30.9 Å². The van der Waals surface area contributed by atoms with E-state index in [9.17, 15) is 0 Å². The predicted molar refractivity (Wildman–Crippen MR) is 73.4 cm³/mol. The van der Waals surface area contributed by atoms with Crippen molar-refractivity contribution in [3.8, 4) is 0 Å². The Balaban J connectivity index is 1.96. The predicted octanol–water partition coefficient (Wildman–Crippen LogP) is 2.26. The van der Waals surface area contributed by atoms with Crippen molar-refractivity contribution in [2.75, 3.05) is 11.5 Å². The van der Waals surface area contributed by atoms with Crippen molar-refractivity contribution in [1.82, 2.24) is 10.1 Å². The van der Waals surface area contributed by atoms with Crippen LogP contribution in [0.15, 0.2) is 4.52 Å². The molecular weight excluding hydrogens is 254 g/mol. The summed E-state index contributed by atoms with van der Waals surface area (Å²) < 4.78 is 5.54. The van der Waals surface area contributed by atoms with Crippen molar-refractivity contribution in [2.24, 2.45) is 5.73 Å². The van der Waals surface area contributed by atoms with Gasteiger partial charge in [0.25, 0.3) is 0 Å². The van der Waals surface area contributed by atoms with Gasteiger partial charge >= 0.3 is 0 Å². The third kappa shape index (κ3) is 3.63. The second kappa shape index (κ2) is 5.20. The van der Waals surface area contributed by atoms with E-state index < -0.39 is 0 Å². The van der Waals surface area contributed by atoms with Crippen LogP contribution in [0.25, 0.3) is 0 Å². The first-order valence-corrected chi connectivity index (χ1v) is 7.89. The van der Waals surface area contributed by atoms with Crippen molar-refractivity contribution < 1.29 is 4.52 Å². The number of hydrogen-bond donors (Lipinski definition) is 1. The molecule has 0 bridgehead atoms. The van der Waals surface area contributed by atoms with Gasteiger partial charge in [0, 0.05) is 22.3 Å². The highest BCUT2D eigenvalue weighted by Crippen LogP contribution is 2.31. The minimum Gasteiger partial charge on any atom is -0.339 e. The van der Waals surface area contributed by atoms with Gasteiger partial charge in [-0.25, -0.2) is 0 Å². The highest BCUT2D eigenvalue weighted by Gasteiger charge is 2.30. The Bertz CT molecular complexity index is 375. The van der Waals surface area contributed by atoms with Gasteiger partial charge in [0.15, 0.2) is 5.82 Å². The van der Waals surface area contributed by atoms with E-state index in [0.717, 1.165) is 23.1 Å². The molecule has 0 spiro atoms. The first-order chi connectivity index (χ1) is 7.96. The lowest BCUT2D eigenvalue weighted by Gasteiger charge is -2.15. The summed E-state index contributed by atoms with van der Waals surface area (Å²) >= 11 is 3.68. The molecule has 2 atom stereocenters. The lowest BCUT2D eigenvalue weighted by molar-refractivity contribution is 0.349. The zero-order chi connectivity index (χ0) is 12.5. The van der Waals surface area contributed by atoms with Gasteiger partial charge in [-0.3, -0.25) is 0 Å². The van der Waals surface area contributed by atoms with E-state index in [1.54, 1.807) is 0 Å². The van der Waals surface area contributed by atoms with Gasteiger partial charge in [-0.1, -0.05) is 25.9 Å². The topological polar surface area (TPSA) is 64.9 Å². The minimum absolute atomic E-state index is 0.156. The summed E-state index contributed by atoms with van der Waals surface area (Å²) in [4.78, 5) is 4.45. The standard InChI is InChI=1S/C11H19N3OS2/c1-11(2,3)17-6-9-13-10(15-14-9)7-4-16-5-8(7)12/h7-8H,4-6,12H2,1-3H3. The summed E-state index contributed by atoms with van der Waals surface area (Å²) in [5, 5.41) is 4.03. The number of nitrogens with two attached hydrogens (primary N) is 1. The van der Waals surface area contributed by atoms with Gasteiger partial charge in [0.05, 0.1) is 11.7 Å². The second-order valence-corrected chi connectivity index (χ2v) is 8.13. The van der Waals surface area contributed by atoms with Crippen LogP contribution in [0.3, 0.4) is 0 Å². The maximum Gasteiger partial charge on any atom is 0.232 e. The Morgan fingerprint density at radius 2 is 2.24 bits per heavy atom. The van der Waals surface area contributed by atoms with Crippen LogP contribution < -0.4 is 5.73 Å². The molecular formula is C11H19N3OS2.